The predicted octanol–water partition coefficient (Wildman–Crippen LogP) is 4.34. The maximum atomic E-state index is 11.7. The van der Waals surface area contributed by atoms with Crippen molar-refractivity contribution in [2.75, 3.05) is 6.61 Å². The fraction of sp³-hybridized carbons (Fsp3) is 0.250. The highest BCUT2D eigenvalue weighted by molar-refractivity contribution is 8.00. The Labute approximate surface area is 173 Å². The van der Waals surface area contributed by atoms with E-state index in [0.717, 1.165) is 17.0 Å². The van der Waals surface area contributed by atoms with E-state index < -0.39 is 5.25 Å². The molecule has 3 aromatic rings. The highest BCUT2D eigenvalue weighted by Crippen LogP contribution is 2.34. The molecule has 1 atom stereocenters. The molecule has 2 aromatic carbocycles. The van der Waals surface area contributed by atoms with E-state index in [9.17, 15) is 4.79 Å². The molecule has 0 saturated carbocycles. The van der Waals surface area contributed by atoms with Gasteiger partial charge in [-0.05, 0) is 49.7 Å². The number of carbonyl (C=O) groups excluding carboxylic acids is 1. The smallest absolute Gasteiger partial charge is 0.231 e. The monoisotopic (exact) mass is 416 g/mol. The molecular weight excluding hydrogens is 396 g/mol. The van der Waals surface area contributed by atoms with Gasteiger partial charge in [0.2, 0.25) is 5.91 Å². The first-order chi connectivity index (χ1) is 13.5. The van der Waals surface area contributed by atoms with Gasteiger partial charge in [-0.15, -0.1) is 10.2 Å². The van der Waals surface area contributed by atoms with Crippen molar-refractivity contribution in [3.05, 3.63) is 53.6 Å². The van der Waals surface area contributed by atoms with Crippen LogP contribution >= 0.6 is 23.4 Å². The number of amides is 1. The minimum Gasteiger partial charge on any atom is -0.494 e. The third-order valence-corrected chi connectivity index (χ3v) is 5.74. The van der Waals surface area contributed by atoms with Gasteiger partial charge in [0.25, 0.3) is 0 Å². The van der Waals surface area contributed by atoms with E-state index in [2.05, 4.69) is 10.2 Å². The number of aromatic nitrogens is 3. The molecule has 28 heavy (non-hydrogen) atoms. The molecule has 1 amide bonds. The van der Waals surface area contributed by atoms with E-state index in [4.69, 9.17) is 22.1 Å². The number of carbonyl (C=O) groups is 1. The van der Waals surface area contributed by atoms with Gasteiger partial charge in [-0.25, -0.2) is 0 Å². The summed E-state index contributed by atoms with van der Waals surface area (Å²) in [5.41, 5.74) is 7.12. The SMILES string of the molecule is CCOc1ccc(-n2c(SC(CC)C(N)=O)nnc2-c2ccccc2Cl)cc1. The lowest BCUT2D eigenvalue weighted by molar-refractivity contribution is -0.117. The first kappa shape index (κ1) is 20.2. The Morgan fingerprint density at radius 3 is 2.50 bits per heavy atom. The van der Waals surface area contributed by atoms with Crippen molar-refractivity contribution in [3.63, 3.8) is 0 Å². The molecule has 0 saturated heterocycles. The molecule has 6 nitrogen and oxygen atoms in total. The molecule has 0 aliphatic carbocycles. The van der Waals surface area contributed by atoms with Crippen LogP contribution in [0.15, 0.2) is 53.7 Å². The molecule has 3 rings (SSSR count). The molecule has 0 radical (unpaired) electrons. The van der Waals surface area contributed by atoms with Crippen LogP contribution in [0.3, 0.4) is 0 Å². The van der Waals surface area contributed by atoms with Gasteiger partial charge in [-0.2, -0.15) is 0 Å². The Kier molecular flexibility index (Phi) is 6.59. The van der Waals surface area contributed by atoms with Crippen molar-refractivity contribution < 1.29 is 9.53 Å². The molecule has 8 heteroatoms. The number of benzene rings is 2. The first-order valence-corrected chi connectivity index (χ1v) is 10.2. The average molecular weight is 417 g/mol. The van der Waals surface area contributed by atoms with Gasteiger partial charge in [0, 0.05) is 11.3 Å². The highest BCUT2D eigenvalue weighted by atomic mass is 35.5. The summed E-state index contributed by atoms with van der Waals surface area (Å²) in [6, 6.07) is 15.1. The topological polar surface area (TPSA) is 83.0 Å². The van der Waals surface area contributed by atoms with E-state index in [1.165, 1.54) is 11.8 Å². The number of hydrogen-bond donors (Lipinski definition) is 1. The van der Waals surface area contributed by atoms with Crippen LogP contribution in [0, 0.1) is 0 Å². The molecule has 2 N–H and O–H groups in total. The standard InChI is InChI=1S/C20H21ClN4O2S/c1-3-17(18(22)26)28-20-24-23-19(15-7-5-6-8-16(15)21)25(20)13-9-11-14(12-10-13)27-4-2/h5-12,17H,3-4H2,1-2H3,(H2,22,26). The van der Waals surface area contributed by atoms with E-state index >= 15 is 0 Å². The number of nitrogens with two attached hydrogens (primary N) is 1. The van der Waals surface area contributed by atoms with E-state index in [-0.39, 0.29) is 5.91 Å². The lowest BCUT2D eigenvalue weighted by atomic mass is 10.2. The molecule has 146 valence electrons. The Bertz CT molecular complexity index is 959. The summed E-state index contributed by atoms with van der Waals surface area (Å²) < 4.78 is 7.41. The second-order valence-electron chi connectivity index (χ2n) is 5.97. The highest BCUT2D eigenvalue weighted by Gasteiger charge is 2.23. The van der Waals surface area contributed by atoms with Gasteiger partial charge in [0.15, 0.2) is 11.0 Å². The zero-order chi connectivity index (χ0) is 20.1. The van der Waals surface area contributed by atoms with Gasteiger partial charge in [0.1, 0.15) is 5.75 Å². The molecule has 0 aliphatic rings. The van der Waals surface area contributed by atoms with Crippen LogP contribution in [0.1, 0.15) is 20.3 Å². The number of thioether (sulfide) groups is 1. The number of primary amides is 1. The fourth-order valence-corrected chi connectivity index (χ4v) is 3.87. The summed E-state index contributed by atoms with van der Waals surface area (Å²) in [5, 5.41) is 9.42. The van der Waals surface area contributed by atoms with Crippen LogP contribution in [0.5, 0.6) is 5.75 Å². The molecule has 0 aliphatic heterocycles. The van der Waals surface area contributed by atoms with Gasteiger partial charge in [-0.3, -0.25) is 9.36 Å². The number of halogens is 1. The van der Waals surface area contributed by atoms with Crippen molar-refractivity contribution in [3.8, 4) is 22.8 Å². The molecule has 1 aromatic heterocycles. The largest absolute Gasteiger partial charge is 0.494 e. The van der Waals surface area contributed by atoms with Crippen LogP contribution in [-0.2, 0) is 4.79 Å². The van der Waals surface area contributed by atoms with Crippen molar-refractivity contribution in [1.82, 2.24) is 14.8 Å². The zero-order valence-electron chi connectivity index (χ0n) is 15.6. The Morgan fingerprint density at radius 1 is 1.18 bits per heavy atom. The zero-order valence-corrected chi connectivity index (χ0v) is 17.2. The van der Waals surface area contributed by atoms with Gasteiger partial charge >= 0.3 is 0 Å². The quantitative estimate of drug-likeness (QED) is 0.552. The second kappa shape index (κ2) is 9.12. The van der Waals surface area contributed by atoms with Crippen LogP contribution < -0.4 is 10.5 Å². The third kappa shape index (κ3) is 4.31. The first-order valence-electron chi connectivity index (χ1n) is 8.94. The van der Waals surface area contributed by atoms with Crippen molar-refractivity contribution in [2.45, 2.75) is 30.7 Å². The van der Waals surface area contributed by atoms with Crippen molar-refractivity contribution >= 4 is 29.3 Å². The van der Waals surface area contributed by atoms with Crippen LogP contribution in [0.2, 0.25) is 5.02 Å². The molecule has 1 heterocycles. The average Bonchev–Trinajstić information content (AvgIpc) is 3.10. The normalized spacial score (nSPS) is 12.0. The molecule has 0 bridgehead atoms. The summed E-state index contributed by atoms with van der Waals surface area (Å²) in [6.45, 7) is 4.44. The second-order valence-corrected chi connectivity index (χ2v) is 7.54. The summed E-state index contributed by atoms with van der Waals surface area (Å²) in [6.07, 6.45) is 0.595. The van der Waals surface area contributed by atoms with E-state index in [0.29, 0.717) is 29.0 Å². The maximum absolute atomic E-state index is 11.7. The summed E-state index contributed by atoms with van der Waals surface area (Å²) >= 11 is 7.69. The van der Waals surface area contributed by atoms with Crippen molar-refractivity contribution in [2.24, 2.45) is 5.73 Å². The molecule has 1 unspecified atom stereocenters. The van der Waals surface area contributed by atoms with E-state index in [1.807, 2.05) is 60.9 Å². The molecule has 0 fully saturated rings. The number of ether oxygens (including phenoxy) is 1. The third-order valence-electron chi connectivity index (χ3n) is 4.09. The van der Waals surface area contributed by atoms with Crippen LogP contribution in [0.4, 0.5) is 0 Å². The fourth-order valence-electron chi connectivity index (χ4n) is 2.72. The Balaban J connectivity index is 2.11. The maximum Gasteiger partial charge on any atom is 0.231 e. The Hall–Kier alpha value is -2.51. The lowest BCUT2D eigenvalue weighted by Gasteiger charge is -2.14. The number of rotatable bonds is 8. The minimum absolute atomic E-state index is 0.381. The summed E-state index contributed by atoms with van der Waals surface area (Å²) in [7, 11) is 0. The lowest BCUT2D eigenvalue weighted by Crippen LogP contribution is -2.25. The Morgan fingerprint density at radius 2 is 1.89 bits per heavy atom. The minimum atomic E-state index is -0.398. The van der Waals surface area contributed by atoms with E-state index in [1.54, 1.807) is 6.07 Å². The summed E-state index contributed by atoms with van der Waals surface area (Å²) in [4.78, 5) is 11.7. The number of hydrogen-bond acceptors (Lipinski definition) is 5. The van der Waals surface area contributed by atoms with Gasteiger partial charge in [0.05, 0.1) is 16.9 Å². The predicted molar refractivity (Wildman–Crippen MR) is 112 cm³/mol. The van der Waals surface area contributed by atoms with Crippen LogP contribution in [0.25, 0.3) is 17.1 Å². The van der Waals surface area contributed by atoms with Crippen LogP contribution in [-0.4, -0.2) is 32.5 Å². The van der Waals surface area contributed by atoms with Gasteiger partial charge < -0.3 is 10.5 Å². The number of nitrogens with zero attached hydrogens (tertiary/aromatic N) is 3. The summed E-state index contributed by atoms with van der Waals surface area (Å²) in [5.74, 6) is 0.987. The molecule has 0 spiro atoms. The van der Waals surface area contributed by atoms with Gasteiger partial charge in [-0.1, -0.05) is 42.4 Å². The molecular formula is C20H21ClN4O2S. The van der Waals surface area contributed by atoms with Crippen molar-refractivity contribution in [1.29, 1.82) is 0 Å².